The Bertz CT molecular complexity index is 917. The molecule has 27 heavy (non-hydrogen) atoms. The molecule has 2 rings (SSSR count). The molecule has 0 radical (unpaired) electrons. The smallest absolute Gasteiger partial charge is 0.382 e. The largest absolute Gasteiger partial charge is 0.403 e. The van der Waals surface area contributed by atoms with Crippen LogP contribution in [0.2, 0.25) is 0 Å². The maximum absolute atomic E-state index is 13.4. The second-order valence-electron chi connectivity index (χ2n) is 5.01. The molecule has 1 amide bonds. The minimum absolute atomic E-state index is 0.00661. The number of rotatable bonds is 6. The Morgan fingerprint density at radius 3 is 2.70 bits per heavy atom. The van der Waals surface area contributed by atoms with Crippen LogP contribution in [0.25, 0.3) is 0 Å². The summed E-state index contributed by atoms with van der Waals surface area (Å²) in [6, 6.07) is 3.43. The molecule has 9 nitrogen and oxygen atoms in total. The van der Waals surface area contributed by atoms with E-state index in [-0.39, 0.29) is 23.8 Å². The minimum Gasteiger partial charge on any atom is -0.403 e. The fourth-order valence-corrected chi connectivity index (χ4v) is 1.95. The van der Waals surface area contributed by atoms with Crippen LogP contribution in [-0.2, 0) is 11.5 Å². The number of nitrogen functional groups attached to an aromatic ring is 1. The van der Waals surface area contributed by atoms with E-state index in [1.165, 1.54) is 24.7 Å². The molecular formula is C16H14F2N6O3. The van der Waals surface area contributed by atoms with E-state index in [4.69, 9.17) is 11.5 Å². The molecule has 0 fully saturated rings. The van der Waals surface area contributed by atoms with Crippen LogP contribution in [0.5, 0.6) is 0 Å². The summed E-state index contributed by atoms with van der Waals surface area (Å²) in [5.41, 5.74) is 10.9. The van der Waals surface area contributed by atoms with Gasteiger partial charge in [-0.1, -0.05) is 6.07 Å². The number of benzene rings is 1. The van der Waals surface area contributed by atoms with E-state index in [1.807, 2.05) is 0 Å². The van der Waals surface area contributed by atoms with E-state index in [0.717, 1.165) is 18.3 Å². The predicted molar refractivity (Wildman–Crippen MR) is 91.3 cm³/mol. The summed E-state index contributed by atoms with van der Waals surface area (Å²) >= 11 is 0. The fraction of sp³-hybridized carbons (Fsp3) is 0.0625. The van der Waals surface area contributed by atoms with E-state index in [2.05, 4.69) is 25.2 Å². The number of nitrogens with one attached hydrogen (secondary N) is 1. The summed E-state index contributed by atoms with van der Waals surface area (Å²) in [6.07, 6.45) is 4.97. The molecule has 0 unspecified atom stereocenters. The lowest BCUT2D eigenvalue weighted by atomic mass is 10.1. The Kier molecular flexibility index (Phi) is 6.47. The first-order valence-corrected chi connectivity index (χ1v) is 7.37. The molecular weight excluding hydrogens is 362 g/mol. The highest BCUT2D eigenvalue weighted by atomic mass is 19.3. The summed E-state index contributed by atoms with van der Waals surface area (Å²) < 4.78 is 25.4. The number of nitrogens with two attached hydrogens (primary N) is 2. The maximum atomic E-state index is 13.4. The zero-order valence-corrected chi connectivity index (χ0v) is 13.7. The Labute approximate surface area is 151 Å². The summed E-state index contributed by atoms with van der Waals surface area (Å²) in [4.78, 5) is 37.8. The predicted octanol–water partition coefficient (Wildman–Crippen LogP) is 1.04. The summed E-state index contributed by atoms with van der Waals surface area (Å²) in [5.74, 6) is -3.07. The van der Waals surface area contributed by atoms with Crippen molar-refractivity contribution in [1.29, 1.82) is 0 Å². The van der Waals surface area contributed by atoms with Crippen molar-refractivity contribution in [2.24, 2.45) is 10.7 Å². The summed E-state index contributed by atoms with van der Waals surface area (Å²) in [6.45, 7) is -0.00661. The molecule has 0 saturated heterocycles. The summed E-state index contributed by atoms with van der Waals surface area (Å²) in [7, 11) is 0. The van der Waals surface area contributed by atoms with Gasteiger partial charge >= 0.3 is 5.97 Å². The monoisotopic (exact) mass is 376 g/mol. The molecule has 0 saturated carbocycles. The molecule has 0 bridgehead atoms. The molecule has 0 aliphatic carbocycles. The van der Waals surface area contributed by atoms with Crippen molar-refractivity contribution in [2.45, 2.75) is 6.54 Å². The molecule has 2 aromatic rings. The van der Waals surface area contributed by atoms with Crippen molar-refractivity contribution in [1.82, 2.24) is 15.3 Å². The van der Waals surface area contributed by atoms with Gasteiger partial charge in [-0.3, -0.25) is 9.79 Å². The summed E-state index contributed by atoms with van der Waals surface area (Å²) in [5, 5.41) is 2.44. The Morgan fingerprint density at radius 1 is 1.30 bits per heavy atom. The van der Waals surface area contributed by atoms with Crippen LogP contribution in [0.1, 0.15) is 26.4 Å². The van der Waals surface area contributed by atoms with Crippen LogP contribution >= 0.6 is 0 Å². The normalized spacial score (nSPS) is 11.4. The number of amides is 1. The van der Waals surface area contributed by atoms with Crippen LogP contribution in [-0.4, -0.2) is 28.1 Å². The second kappa shape index (κ2) is 8.99. The zero-order chi connectivity index (χ0) is 19.8. The number of aromatic nitrogens is 2. The van der Waals surface area contributed by atoms with Crippen LogP contribution in [0.4, 0.5) is 14.7 Å². The first-order valence-electron chi connectivity index (χ1n) is 7.37. The lowest BCUT2D eigenvalue weighted by Gasteiger charge is -2.06. The standard InChI is InChI=1S/C16H14F2N6O3/c17-12-2-1-9(5-11(12)16(26)27-18)7-21-8-10(6-19)24-15(25)13-14(20)23-4-3-22-13/h1-6,8H,7,19H2,(H2,20,23)(H,24,25)/b10-6+,21-8?. The van der Waals surface area contributed by atoms with E-state index in [0.29, 0.717) is 5.56 Å². The van der Waals surface area contributed by atoms with Gasteiger partial charge in [-0.25, -0.2) is 24.1 Å². The molecule has 140 valence electrons. The van der Waals surface area contributed by atoms with Crippen molar-refractivity contribution in [2.75, 3.05) is 5.73 Å². The van der Waals surface area contributed by atoms with Gasteiger partial charge in [-0.15, -0.1) is 0 Å². The molecule has 1 heterocycles. The Hall–Kier alpha value is -3.89. The third-order valence-electron chi connectivity index (χ3n) is 3.20. The number of aliphatic imine (C=N–C) groups is 1. The molecule has 0 atom stereocenters. The molecule has 11 heteroatoms. The van der Waals surface area contributed by atoms with Gasteiger partial charge in [0.25, 0.3) is 5.91 Å². The number of halogens is 2. The lowest BCUT2D eigenvalue weighted by molar-refractivity contribution is -0.0791. The number of carbonyl (C=O) groups is 2. The molecule has 0 aliphatic rings. The number of carbonyl (C=O) groups excluding carboxylic acids is 2. The average molecular weight is 376 g/mol. The van der Waals surface area contributed by atoms with Crippen molar-refractivity contribution < 1.29 is 23.4 Å². The SMILES string of the molecule is N/C=C(\C=NCc1ccc(F)c(C(=O)OF)c1)NC(=O)c1nccnc1N. The third kappa shape index (κ3) is 5.04. The van der Waals surface area contributed by atoms with Crippen LogP contribution in [0.3, 0.4) is 0 Å². The fourth-order valence-electron chi connectivity index (χ4n) is 1.95. The van der Waals surface area contributed by atoms with Gasteiger partial charge in [0.05, 0.1) is 17.8 Å². The van der Waals surface area contributed by atoms with Crippen molar-refractivity contribution in [3.63, 3.8) is 0 Å². The number of anilines is 1. The van der Waals surface area contributed by atoms with Crippen molar-refractivity contribution in [3.05, 3.63) is 65.1 Å². The first-order chi connectivity index (χ1) is 13.0. The Morgan fingerprint density at radius 2 is 2.04 bits per heavy atom. The Balaban J connectivity index is 2.05. The average Bonchev–Trinajstić information content (AvgIpc) is 2.68. The van der Waals surface area contributed by atoms with Gasteiger partial charge in [-0.05, 0) is 17.7 Å². The van der Waals surface area contributed by atoms with Crippen molar-refractivity contribution in [3.8, 4) is 0 Å². The number of allylic oxidation sites excluding steroid dienone is 1. The minimum atomic E-state index is -1.45. The number of hydrogen-bond donors (Lipinski definition) is 3. The van der Waals surface area contributed by atoms with Gasteiger partial charge in [0.15, 0.2) is 11.5 Å². The molecule has 0 aliphatic heterocycles. The highest BCUT2D eigenvalue weighted by molar-refractivity contribution is 6.00. The third-order valence-corrected chi connectivity index (χ3v) is 3.20. The van der Waals surface area contributed by atoms with Gasteiger partial charge in [-0.2, -0.15) is 0 Å². The zero-order valence-electron chi connectivity index (χ0n) is 13.7. The van der Waals surface area contributed by atoms with E-state index in [1.54, 1.807) is 0 Å². The first kappa shape index (κ1) is 19.4. The quantitative estimate of drug-likeness (QED) is 0.639. The van der Waals surface area contributed by atoms with Gasteiger partial charge < -0.3 is 16.8 Å². The maximum Gasteiger partial charge on any atom is 0.382 e. The molecule has 1 aromatic carbocycles. The van der Waals surface area contributed by atoms with E-state index in [9.17, 15) is 18.5 Å². The number of nitrogens with zero attached hydrogens (tertiary/aromatic N) is 3. The van der Waals surface area contributed by atoms with Crippen molar-refractivity contribution >= 4 is 23.9 Å². The van der Waals surface area contributed by atoms with Crippen LogP contribution in [0, 0.1) is 5.82 Å². The van der Waals surface area contributed by atoms with Gasteiger partial charge in [0.1, 0.15) is 5.82 Å². The lowest BCUT2D eigenvalue weighted by Crippen LogP contribution is -2.26. The topological polar surface area (TPSA) is 146 Å². The van der Waals surface area contributed by atoms with E-state index < -0.39 is 23.3 Å². The van der Waals surface area contributed by atoms with Gasteiger partial charge in [0.2, 0.25) is 0 Å². The highest BCUT2D eigenvalue weighted by Crippen LogP contribution is 2.13. The highest BCUT2D eigenvalue weighted by Gasteiger charge is 2.15. The molecule has 0 spiro atoms. The second-order valence-corrected chi connectivity index (χ2v) is 5.01. The number of hydrogen-bond acceptors (Lipinski definition) is 8. The van der Waals surface area contributed by atoms with Crippen LogP contribution in [0.15, 0.2) is 47.5 Å². The van der Waals surface area contributed by atoms with E-state index >= 15 is 0 Å². The van der Waals surface area contributed by atoms with Crippen LogP contribution < -0.4 is 16.8 Å². The molecule has 1 aromatic heterocycles. The molecule has 5 N–H and O–H groups in total. The van der Waals surface area contributed by atoms with Gasteiger partial charge in [0, 0.05) is 29.3 Å².